The number of benzene rings is 2. The first-order chi connectivity index (χ1) is 12.9. The Kier molecular flexibility index (Phi) is 5.97. The molecule has 6 heteroatoms. The molecule has 1 amide bonds. The van der Waals surface area contributed by atoms with Crippen molar-refractivity contribution in [1.29, 1.82) is 0 Å². The Balaban J connectivity index is 1.89. The lowest BCUT2D eigenvalue weighted by atomic mass is 10.0. The van der Waals surface area contributed by atoms with Crippen LogP contribution in [0.15, 0.2) is 53.4 Å². The molecule has 0 aromatic heterocycles. The lowest BCUT2D eigenvalue weighted by Crippen LogP contribution is -2.34. The van der Waals surface area contributed by atoms with Crippen molar-refractivity contribution in [2.45, 2.75) is 50.5 Å². The molecule has 1 atom stereocenters. The van der Waals surface area contributed by atoms with E-state index in [0.29, 0.717) is 6.54 Å². The van der Waals surface area contributed by atoms with Crippen LogP contribution < -0.4 is 9.62 Å². The summed E-state index contributed by atoms with van der Waals surface area (Å²) in [5, 5.41) is 0. The minimum absolute atomic E-state index is 0.0169. The quantitative estimate of drug-likeness (QED) is 0.821. The van der Waals surface area contributed by atoms with E-state index >= 15 is 0 Å². The molecule has 5 nitrogen and oxygen atoms in total. The molecular weight excluding hydrogens is 360 g/mol. The van der Waals surface area contributed by atoms with Gasteiger partial charge in [0, 0.05) is 25.2 Å². The molecule has 0 saturated heterocycles. The van der Waals surface area contributed by atoms with Gasteiger partial charge in [0.05, 0.1) is 4.90 Å². The smallest absolute Gasteiger partial charge is 0.241 e. The third-order valence-corrected chi connectivity index (χ3v) is 6.41. The summed E-state index contributed by atoms with van der Waals surface area (Å²) in [5.41, 5.74) is 2.69. The van der Waals surface area contributed by atoms with Gasteiger partial charge in [-0.25, -0.2) is 13.1 Å². The zero-order valence-electron chi connectivity index (χ0n) is 15.8. The summed E-state index contributed by atoms with van der Waals surface area (Å²) in [6, 6.07) is 14.4. The minimum Gasteiger partial charge on any atom is -0.312 e. The highest BCUT2D eigenvalue weighted by Gasteiger charge is 2.25. The Morgan fingerprint density at radius 2 is 1.93 bits per heavy atom. The minimum atomic E-state index is -3.65. The fourth-order valence-corrected chi connectivity index (χ4v) is 4.90. The van der Waals surface area contributed by atoms with Crippen LogP contribution in [0, 0.1) is 0 Å². The predicted molar refractivity (Wildman–Crippen MR) is 107 cm³/mol. The zero-order chi connectivity index (χ0) is 19.4. The van der Waals surface area contributed by atoms with Gasteiger partial charge in [0.25, 0.3) is 0 Å². The number of rotatable bonds is 6. The van der Waals surface area contributed by atoms with Gasteiger partial charge in [-0.2, -0.15) is 0 Å². The fourth-order valence-electron chi connectivity index (χ4n) is 3.59. The summed E-state index contributed by atoms with van der Waals surface area (Å²) in [6.07, 6.45) is 3.22. The third kappa shape index (κ3) is 4.39. The van der Waals surface area contributed by atoms with Crippen molar-refractivity contribution in [3.05, 3.63) is 59.7 Å². The largest absolute Gasteiger partial charge is 0.312 e. The highest BCUT2D eigenvalue weighted by Crippen LogP contribution is 2.30. The first-order valence-corrected chi connectivity index (χ1v) is 10.9. The van der Waals surface area contributed by atoms with Crippen LogP contribution in [0.3, 0.4) is 0 Å². The number of carbonyl (C=O) groups excluding carboxylic acids is 1. The van der Waals surface area contributed by atoms with E-state index in [4.69, 9.17) is 0 Å². The van der Waals surface area contributed by atoms with Crippen LogP contribution in [0.25, 0.3) is 0 Å². The highest BCUT2D eigenvalue weighted by molar-refractivity contribution is 7.89. The van der Waals surface area contributed by atoms with Crippen LogP contribution in [0.2, 0.25) is 0 Å². The van der Waals surface area contributed by atoms with E-state index in [1.165, 1.54) is 6.92 Å². The Bertz CT molecular complexity index is 910. The van der Waals surface area contributed by atoms with Gasteiger partial charge in [-0.3, -0.25) is 4.79 Å². The third-order valence-electron chi connectivity index (χ3n) is 4.94. The molecule has 1 aliphatic heterocycles. The first kappa shape index (κ1) is 19.6. The predicted octanol–water partition coefficient (Wildman–Crippen LogP) is 3.81. The summed E-state index contributed by atoms with van der Waals surface area (Å²) >= 11 is 0. The molecule has 3 rings (SSSR count). The second-order valence-corrected chi connectivity index (χ2v) is 8.65. The monoisotopic (exact) mass is 386 g/mol. The maximum Gasteiger partial charge on any atom is 0.241 e. The normalized spacial score (nSPS) is 15.3. The zero-order valence-corrected chi connectivity index (χ0v) is 16.6. The summed E-state index contributed by atoms with van der Waals surface area (Å²) in [7, 11) is -3.65. The second-order valence-electron chi connectivity index (χ2n) is 6.94. The van der Waals surface area contributed by atoms with E-state index in [9.17, 15) is 13.2 Å². The van der Waals surface area contributed by atoms with Gasteiger partial charge in [-0.05, 0) is 48.6 Å². The summed E-state index contributed by atoms with van der Waals surface area (Å²) < 4.78 is 28.9. The van der Waals surface area contributed by atoms with Crippen LogP contribution >= 0.6 is 0 Å². The maximum atomic E-state index is 13.0. The van der Waals surface area contributed by atoms with E-state index in [1.807, 2.05) is 37.3 Å². The number of sulfonamides is 1. The Labute approximate surface area is 161 Å². The number of nitrogens with zero attached hydrogens (tertiary/aromatic N) is 1. The van der Waals surface area contributed by atoms with Crippen molar-refractivity contribution in [3.63, 3.8) is 0 Å². The van der Waals surface area contributed by atoms with Gasteiger partial charge in [0.1, 0.15) is 0 Å². The topological polar surface area (TPSA) is 66.5 Å². The molecule has 0 bridgehead atoms. The standard InChI is InChI=1S/C21H26N2O3S/c1-3-8-20(17-9-5-4-6-10-17)22-27(25,26)19-12-13-21-18(15-19)11-7-14-23(21)16(2)24/h4-6,9-10,12-13,15,20,22H,3,7-8,11,14H2,1-2H3/t20-/m1/s1. The van der Waals surface area contributed by atoms with Crippen LogP contribution in [0.1, 0.15) is 50.3 Å². The molecule has 1 heterocycles. The number of carbonyl (C=O) groups is 1. The number of anilines is 1. The molecule has 0 fully saturated rings. The van der Waals surface area contributed by atoms with Crippen molar-refractivity contribution in [2.24, 2.45) is 0 Å². The first-order valence-electron chi connectivity index (χ1n) is 9.40. The molecule has 0 saturated carbocycles. The number of amides is 1. The molecule has 0 radical (unpaired) electrons. The lowest BCUT2D eigenvalue weighted by Gasteiger charge is -2.29. The van der Waals surface area contributed by atoms with Crippen molar-refractivity contribution in [3.8, 4) is 0 Å². The fraction of sp³-hybridized carbons (Fsp3) is 0.381. The van der Waals surface area contributed by atoms with Gasteiger partial charge in [0.2, 0.25) is 15.9 Å². The van der Waals surface area contributed by atoms with Gasteiger partial charge in [0.15, 0.2) is 0 Å². The van der Waals surface area contributed by atoms with Crippen molar-refractivity contribution >= 4 is 21.6 Å². The number of fused-ring (bicyclic) bond motifs is 1. The molecule has 0 unspecified atom stereocenters. The van der Waals surface area contributed by atoms with Crippen molar-refractivity contribution in [1.82, 2.24) is 4.72 Å². The van der Waals surface area contributed by atoms with Gasteiger partial charge in [-0.15, -0.1) is 0 Å². The number of hydrogen-bond donors (Lipinski definition) is 1. The molecule has 0 spiro atoms. The highest BCUT2D eigenvalue weighted by atomic mass is 32.2. The van der Waals surface area contributed by atoms with Gasteiger partial charge in [-0.1, -0.05) is 43.7 Å². The van der Waals surface area contributed by atoms with Gasteiger partial charge < -0.3 is 4.90 Å². The van der Waals surface area contributed by atoms with E-state index in [-0.39, 0.29) is 16.8 Å². The summed E-state index contributed by atoms with van der Waals surface area (Å²) in [6.45, 7) is 4.26. The summed E-state index contributed by atoms with van der Waals surface area (Å²) in [4.78, 5) is 13.8. The molecule has 27 heavy (non-hydrogen) atoms. The van der Waals surface area contributed by atoms with Gasteiger partial charge >= 0.3 is 0 Å². The second kappa shape index (κ2) is 8.23. The average molecular weight is 387 g/mol. The van der Waals surface area contributed by atoms with Crippen LogP contribution in [-0.2, 0) is 21.2 Å². The SMILES string of the molecule is CCC[C@@H](NS(=O)(=O)c1ccc2c(c1)CCCN2C(C)=O)c1ccccc1. The Morgan fingerprint density at radius 3 is 2.59 bits per heavy atom. The van der Waals surface area contributed by atoms with Crippen molar-refractivity contribution in [2.75, 3.05) is 11.4 Å². The lowest BCUT2D eigenvalue weighted by molar-refractivity contribution is -0.116. The van der Waals surface area contributed by atoms with E-state index in [2.05, 4.69) is 4.72 Å². The molecule has 144 valence electrons. The average Bonchev–Trinajstić information content (AvgIpc) is 2.67. The van der Waals surface area contributed by atoms with E-state index in [1.54, 1.807) is 23.1 Å². The molecule has 1 N–H and O–H groups in total. The summed E-state index contributed by atoms with van der Waals surface area (Å²) in [5.74, 6) is -0.0169. The van der Waals surface area contributed by atoms with Crippen LogP contribution in [0.5, 0.6) is 0 Å². The van der Waals surface area contributed by atoms with E-state index < -0.39 is 10.0 Å². The van der Waals surface area contributed by atoms with Crippen molar-refractivity contribution < 1.29 is 13.2 Å². The maximum absolute atomic E-state index is 13.0. The van der Waals surface area contributed by atoms with Crippen LogP contribution in [-0.4, -0.2) is 20.9 Å². The molecule has 0 aliphatic carbocycles. The molecule has 2 aromatic carbocycles. The number of hydrogen-bond acceptors (Lipinski definition) is 3. The Morgan fingerprint density at radius 1 is 1.19 bits per heavy atom. The van der Waals surface area contributed by atoms with E-state index in [0.717, 1.165) is 42.5 Å². The van der Waals surface area contributed by atoms with Crippen LogP contribution in [0.4, 0.5) is 5.69 Å². The Hall–Kier alpha value is -2.18. The molecule has 2 aromatic rings. The molecule has 1 aliphatic rings. The molecular formula is C21H26N2O3S. The number of aryl methyl sites for hydroxylation is 1. The number of nitrogens with one attached hydrogen (secondary N) is 1.